The predicted molar refractivity (Wildman–Crippen MR) is 84.5 cm³/mol. The van der Waals surface area contributed by atoms with E-state index in [1.807, 2.05) is 32.0 Å². The Bertz CT molecular complexity index is 653. The molecule has 112 valence electrons. The van der Waals surface area contributed by atoms with Crippen molar-refractivity contribution in [2.45, 2.75) is 20.0 Å². The molecule has 0 saturated carbocycles. The van der Waals surface area contributed by atoms with Crippen LogP contribution in [0, 0.1) is 13.8 Å². The molecule has 2 aromatic carbocycles. The fraction of sp³-hybridized carbons (Fsp3) is 0.294. The van der Waals surface area contributed by atoms with E-state index in [0.717, 1.165) is 11.1 Å². The van der Waals surface area contributed by atoms with Crippen molar-refractivity contribution in [1.29, 1.82) is 0 Å². The van der Waals surface area contributed by atoms with E-state index in [1.54, 1.807) is 19.2 Å². The lowest BCUT2D eigenvalue weighted by Crippen LogP contribution is -2.02. The predicted octanol–water partition coefficient (Wildman–Crippen LogP) is 4.06. The molecule has 0 spiro atoms. The van der Waals surface area contributed by atoms with Crippen LogP contribution in [-0.2, 0) is 0 Å². The molecule has 1 N–H and O–H groups in total. The van der Waals surface area contributed by atoms with Crippen molar-refractivity contribution >= 4 is 11.6 Å². The van der Waals surface area contributed by atoms with Crippen LogP contribution in [0.25, 0.3) is 0 Å². The van der Waals surface area contributed by atoms with Crippen LogP contribution in [0.3, 0.4) is 0 Å². The number of rotatable bonds is 4. The van der Waals surface area contributed by atoms with Crippen LogP contribution in [0.2, 0.25) is 5.02 Å². The van der Waals surface area contributed by atoms with Crippen molar-refractivity contribution in [3.63, 3.8) is 0 Å². The average molecular weight is 307 g/mol. The lowest BCUT2D eigenvalue weighted by atomic mass is 9.97. The second-order valence-electron chi connectivity index (χ2n) is 4.98. The number of hydrogen-bond donors (Lipinski definition) is 1. The highest BCUT2D eigenvalue weighted by atomic mass is 35.5. The number of aliphatic hydroxyl groups is 1. The minimum Gasteiger partial charge on any atom is -0.493 e. The van der Waals surface area contributed by atoms with Gasteiger partial charge >= 0.3 is 0 Å². The highest BCUT2D eigenvalue weighted by Gasteiger charge is 2.17. The number of halogens is 1. The van der Waals surface area contributed by atoms with Gasteiger partial charge in [0.25, 0.3) is 0 Å². The Morgan fingerprint density at radius 3 is 2.24 bits per heavy atom. The molecule has 2 rings (SSSR count). The number of hydrogen-bond acceptors (Lipinski definition) is 3. The summed E-state index contributed by atoms with van der Waals surface area (Å²) in [6, 6.07) is 9.33. The first-order chi connectivity index (χ1) is 9.97. The van der Waals surface area contributed by atoms with Gasteiger partial charge in [-0.15, -0.1) is 0 Å². The first kappa shape index (κ1) is 15.7. The monoisotopic (exact) mass is 306 g/mol. The number of methoxy groups -OCH3 is 2. The van der Waals surface area contributed by atoms with Crippen molar-refractivity contribution in [3.05, 3.63) is 57.6 Å². The van der Waals surface area contributed by atoms with E-state index < -0.39 is 6.10 Å². The van der Waals surface area contributed by atoms with Crippen molar-refractivity contribution in [3.8, 4) is 11.5 Å². The fourth-order valence-corrected chi connectivity index (χ4v) is 2.52. The number of benzene rings is 2. The first-order valence-electron chi connectivity index (χ1n) is 6.64. The van der Waals surface area contributed by atoms with Gasteiger partial charge in [0.05, 0.1) is 19.2 Å². The molecule has 0 saturated heterocycles. The van der Waals surface area contributed by atoms with Crippen molar-refractivity contribution in [2.24, 2.45) is 0 Å². The molecule has 0 aliphatic heterocycles. The van der Waals surface area contributed by atoms with Crippen LogP contribution in [0.15, 0.2) is 30.3 Å². The lowest BCUT2D eigenvalue weighted by Gasteiger charge is -2.16. The summed E-state index contributed by atoms with van der Waals surface area (Å²) in [4.78, 5) is 0. The van der Waals surface area contributed by atoms with E-state index in [-0.39, 0.29) is 0 Å². The Labute approximate surface area is 130 Å². The molecule has 0 aromatic heterocycles. The van der Waals surface area contributed by atoms with E-state index in [9.17, 15) is 5.11 Å². The maximum atomic E-state index is 10.6. The van der Waals surface area contributed by atoms with Gasteiger partial charge in [0, 0.05) is 0 Å². The molecule has 0 aliphatic rings. The molecular weight excluding hydrogens is 288 g/mol. The molecule has 2 aromatic rings. The summed E-state index contributed by atoms with van der Waals surface area (Å²) >= 11 is 6.19. The molecule has 4 heteroatoms. The smallest absolute Gasteiger partial charge is 0.179 e. The SMILES string of the molecule is COc1cc(C(O)c2ccc(C)c(C)c2)cc(Cl)c1OC. The Kier molecular flexibility index (Phi) is 4.76. The molecule has 0 bridgehead atoms. The highest BCUT2D eigenvalue weighted by Crippen LogP contribution is 2.38. The molecule has 21 heavy (non-hydrogen) atoms. The Morgan fingerprint density at radius 1 is 0.952 bits per heavy atom. The fourth-order valence-electron chi connectivity index (χ4n) is 2.22. The van der Waals surface area contributed by atoms with Gasteiger partial charge in [-0.05, 0) is 48.2 Å². The summed E-state index contributed by atoms with van der Waals surface area (Å²) in [5.41, 5.74) is 3.82. The summed E-state index contributed by atoms with van der Waals surface area (Å²) in [6.45, 7) is 4.06. The van der Waals surface area contributed by atoms with Gasteiger partial charge in [0.15, 0.2) is 11.5 Å². The average Bonchev–Trinajstić information content (AvgIpc) is 2.48. The van der Waals surface area contributed by atoms with Gasteiger partial charge in [-0.1, -0.05) is 29.8 Å². The van der Waals surface area contributed by atoms with Crippen LogP contribution in [0.5, 0.6) is 11.5 Å². The number of aryl methyl sites for hydroxylation is 2. The molecule has 1 unspecified atom stereocenters. The second-order valence-corrected chi connectivity index (χ2v) is 5.39. The maximum absolute atomic E-state index is 10.6. The van der Waals surface area contributed by atoms with Crippen molar-refractivity contribution in [2.75, 3.05) is 14.2 Å². The van der Waals surface area contributed by atoms with Gasteiger partial charge in [0.2, 0.25) is 0 Å². The summed E-state index contributed by atoms with van der Waals surface area (Å²) in [5.74, 6) is 0.970. The maximum Gasteiger partial charge on any atom is 0.179 e. The van der Waals surface area contributed by atoms with Crippen LogP contribution in [-0.4, -0.2) is 19.3 Å². The quantitative estimate of drug-likeness (QED) is 0.926. The molecule has 0 radical (unpaired) electrons. The van der Waals surface area contributed by atoms with E-state index in [0.29, 0.717) is 22.1 Å². The Morgan fingerprint density at radius 2 is 1.67 bits per heavy atom. The van der Waals surface area contributed by atoms with Gasteiger partial charge < -0.3 is 14.6 Å². The van der Waals surface area contributed by atoms with E-state index in [1.165, 1.54) is 12.7 Å². The number of aliphatic hydroxyl groups excluding tert-OH is 1. The third-order valence-corrected chi connectivity index (χ3v) is 3.90. The third kappa shape index (κ3) is 3.14. The van der Waals surface area contributed by atoms with Gasteiger partial charge in [-0.3, -0.25) is 0 Å². The van der Waals surface area contributed by atoms with E-state index >= 15 is 0 Å². The van der Waals surface area contributed by atoms with Crippen molar-refractivity contribution in [1.82, 2.24) is 0 Å². The first-order valence-corrected chi connectivity index (χ1v) is 7.02. The second kappa shape index (κ2) is 6.37. The minimum atomic E-state index is -0.762. The normalized spacial score (nSPS) is 12.1. The molecule has 0 aliphatic carbocycles. The summed E-state index contributed by atoms with van der Waals surface area (Å²) < 4.78 is 10.5. The van der Waals surface area contributed by atoms with Gasteiger partial charge in [-0.25, -0.2) is 0 Å². The highest BCUT2D eigenvalue weighted by molar-refractivity contribution is 6.32. The van der Waals surface area contributed by atoms with E-state index in [4.69, 9.17) is 21.1 Å². The summed E-state index contributed by atoms with van der Waals surface area (Å²) in [6.07, 6.45) is -0.762. The van der Waals surface area contributed by atoms with Crippen LogP contribution < -0.4 is 9.47 Å². The Balaban J connectivity index is 2.45. The summed E-state index contributed by atoms with van der Waals surface area (Å²) in [7, 11) is 3.07. The van der Waals surface area contributed by atoms with Gasteiger partial charge in [0.1, 0.15) is 6.10 Å². The largest absolute Gasteiger partial charge is 0.493 e. The molecule has 0 heterocycles. The molecule has 0 amide bonds. The molecule has 3 nitrogen and oxygen atoms in total. The molecule has 1 atom stereocenters. The lowest BCUT2D eigenvalue weighted by molar-refractivity contribution is 0.219. The third-order valence-electron chi connectivity index (χ3n) is 3.62. The topological polar surface area (TPSA) is 38.7 Å². The number of ether oxygens (including phenoxy) is 2. The molecule has 0 fully saturated rings. The Hall–Kier alpha value is -1.71. The summed E-state index contributed by atoms with van der Waals surface area (Å²) in [5, 5.41) is 11.0. The zero-order valence-electron chi connectivity index (χ0n) is 12.6. The van der Waals surface area contributed by atoms with Crippen LogP contribution in [0.1, 0.15) is 28.4 Å². The zero-order chi connectivity index (χ0) is 15.6. The zero-order valence-corrected chi connectivity index (χ0v) is 13.4. The van der Waals surface area contributed by atoms with Crippen LogP contribution >= 0.6 is 11.6 Å². The van der Waals surface area contributed by atoms with Gasteiger partial charge in [-0.2, -0.15) is 0 Å². The van der Waals surface area contributed by atoms with E-state index in [2.05, 4.69) is 0 Å². The minimum absolute atomic E-state index is 0.412. The molecular formula is C17H19ClO3. The van der Waals surface area contributed by atoms with Crippen molar-refractivity contribution < 1.29 is 14.6 Å². The van der Waals surface area contributed by atoms with Crippen LogP contribution in [0.4, 0.5) is 0 Å². The standard InChI is InChI=1S/C17H19ClO3/c1-10-5-6-12(7-11(10)2)16(19)13-8-14(18)17(21-4)15(9-13)20-3/h5-9,16,19H,1-4H3.